The molecule has 30 heavy (non-hydrogen) atoms. The van der Waals surface area contributed by atoms with Crippen LogP contribution in [0.25, 0.3) is 6.08 Å². The molecule has 0 bridgehead atoms. The molecule has 2 aliphatic carbocycles. The second-order valence-electron chi connectivity index (χ2n) is 8.81. The molecule has 6 heteroatoms. The number of fused-ring (bicyclic) bond motifs is 1. The lowest BCUT2D eigenvalue weighted by Crippen LogP contribution is -2.37. The molecule has 0 radical (unpaired) electrons. The summed E-state index contributed by atoms with van der Waals surface area (Å²) in [5, 5.41) is 6.11. The van der Waals surface area contributed by atoms with Crippen LogP contribution in [0.15, 0.2) is 35.7 Å². The number of hydrogen-bond donors (Lipinski definition) is 1. The molecule has 2 aromatic rings. The van der Waals surface area contributed by atoms with E-state index in [1.165, 1.54) is 41.5 Å². The molecular weight excluding hydrogens is 394 g/mol. The Kier molecular flexibility index (Phi) is 6.74. The van der Waals surface area contributed by atoms with Crippen LogP contribution in [0.3, 0.4) is 0 Å². The first-order chi connectivity index (χ1) is 14.5. The van der Waals surface area contributed by atoms with Crippen molar-refractivity contribution in [3.63, 3.8) is 0 Å². The molecule has 0 amide bonds. The van der Waals surface area contributed by atoms with E-state index in [-0.39, 0.29) is 6.04 Å². The van der Waals surface area contributed by atoms with Gasteiger partial charge in [-0.1, -0.05) is 49.6 Å². The fraction of sp³-hybridized carbons (Fsp3) is 0.542. The van der Waals surface area contributed by atoms with Gasteiger partial charge in [-0.05, 0) is 63.0 Å². The highest BCUT2D eigenvalue weighted by molar-refractivity contribution is 7.92. The molecule has 162 valence electrons. The predicted octanol–water partition coefficient (Wildman–Crippen LogP) is 4.67. The maximum atomic E-state index is 12.7. The summed E-state index contributed by atoms with van der Waals surface area (Å²) in [7, 11) is -3.48. The minimum Gasteiger partial charge on any atom is -0.264 e. The van der Waals surface area contributed by atoms with Crippen LogP contribution in [0.2, 0.25) is 0 Å². The Morgan fingerprint density at radius 1 is 1.10 bits per heavy atom. The molecule has 2 aliphatic rings. The van der Waals surface area contributed by atoms with E-state index in [4.69, 9.17) is 5.10 Å². The van der Waals surface area contributed by atoms with E-state index in [9.17, 15) is 8.42 Å². The first-order valence-electron chi connectivity index (χ1n) is 11.3. The standard InChI is InChI=1S/C24H33N3O2S/c1-19(21-12-6-3-7-13-21)26-30(28,29)17-16-23-22-14-8-9-15-24(22)27(25-23)18-20-10-4-2-5-11-20/h2,4-5,10-11,16-17,19,21,26H,3,6-9,12-15,18H2,1H3/t19-/m0/s1. The second-order valence-corrected chi connectivity index (χ2v) is 10.4. The minimum absolute atomic E-state index is 0.0236. The summed E-state index contributed by atoms with van der Waals surface area (Å²) < 4.78 is 30.3. The molecule has 1 N–H and O–H groups in total. The topological polar surface area (TPSA) is 64.0 Å². The van der Waals surface area contributed by atoms with Gasteiger partial charge in [0.1, 0.15) is 0 Å². The molecule has 0 saturated heterocycles. The Hall–Kier alpha value is -1.92. The number of nitrogens with one attached hydrogen (secondary N) is 1. The molecule has 5 nitrogen and oxygen atoms in total. The maximum Gasteiger partial charge on any atom is 0.234 e. The van der Waals surface area contributed by atoms with Gasteiger partial charge in [0.15, 0.2) is 0 Å². The third kappa shape index (κ3) is 5.22. The largest absolute Gasteiger partial charge is 0.264 e. The quantitative estimate of drug-likeness (QED) is 0.698. The number of benzene rings is 1. The Bertz CT molecular complexity index is 973. The summed E-state index contributed by atoms with van der Waals surface area (Å²) in [5.74, 6) is 0.444. The fourth-order valence-corrected chi connectivity index (χ4v) is 6.00. The summed E-state index contributed by atoms with van der Waals surface area (Å²) in [6.07, 6.45) is 11.9. The van der Waals surface area contributed by atoms with Crippen molar-refractivity contribution in [3.8, 4) is 0 Å². The second kappa shape index (κ2) is 9.48. The van der Waals surface area contributed by atoms with Crippen LogP contribution < -0.4 is 4.72 Å². The Balaban J connectivity index is 1.51. The monoisotopic (exact) mass is 427 g/mol. The zero-order valence-electron chi connectivity index (χ0n) is 17.9. The van der Waals surface area contributed by atoms with Crippen LogP contribution in [-0.2, 0) is 29.4 Å². The normalized spacial score (nSPS) is 19.1. The molecule has 1 fully saturated rings. The summed E-state index contributed by atoms with van der Waals surface area (Å²) in [5.41, 5.74) is 4.48. The van der Waals surface area contributed by atoms with E-state index in [2.05, 4.69) is 21.5 Å². The first kappa shape index (κ1) is 21.3. The summed E-state index contributed by atoms with van der Waals surface area (Å²) in [6, 6.07) is 10.3. The average Bonchev–Trinajstić information content (AvgIpc) is 3.11. The highest BCUT2D eigenvalue weighted by Gasteiger charge is 2.24. The van der Waals surface area contributed by atoms with E-state index in [0.717, 1.165) is 50.8 Å². The van der Waals surface area contributed by atoms with Crippen LogP contribution in [0, 0.1) is 5.92 Å². The molecule has 0 aliphatic heterocycles. The van der Waals surface area contributed by atoms with E-state index < -0.39 is 10.0 Å². The Morgan fingerprint density at radius 3 is 2.60 bits per heavy atom. The molecule has 1 heterocycles. The van der Waals surface area contributed by atoms with E-state index in [0.29, 0.717) is 5.92 Å². The van der Waals surface area contributed by atoms with E-state index >= 15 is 0 Å². The molecule has 1 atom stereocenters. The lowest BCUT2D eigenvalue weighted by molar-refractivity contribution is 0.303. The molecule has 1 aromatic heterocycles. The minimum atomic E-state index is -3.48. The lowest BCUT2D eigenvalue weighted by Gasteiger charge is -2.27. The Labute approximate surface area is 180 Å². The van der Waals surface area contributed by atoms with Crippen molar-refractivity contribution in [3.05, 3.63) is 58.3 Å². The molecule has 4 rings (SSSR count). The van der Waals surface area contributed by atoms with Crippen LogP contribution in [-0.4, -0.2) is 24.2 Å². The van der Waals surface area contributed by atoms with Crippen LogP contribution >= 0.6 is 0 Å². The number of sulfonamides is 1. The fourth-order valence-electron chi connectivity index (χ4n) is 4.90. The molecule has 0 unspecified atom stereocenters. The highest BCUT2D eigenvalue weighted by Crippen LogP contribution is 2.28. The molecule has 1 aromatic carbocycles. The van der Waals surface area contributed by atoms with Gasteiger partial charge in [0, 0.05) is 22.7 Å². The van der Waals surface area contributed by atoms with Gasteiger partial charge < -0.3 is 0 Å². The highest BCUT2D eigenvalue weighted by atomic mass is 32.2. The summed E-state index contributed by atoms with van der Waals surface area (Å²) in [6.45, 7) is 2.72. The van der Waals surface area contributed by atoms with Crippen molar-refractivity contribution in [2.75, 3.05) is 0 Å². The predicted molar refractivity (Wildman–Crippen MR) is 122 cm³/mol. The van der Waals surface area contributed by atoms with E-state index in [1.807, 2.05) is 25.1 Å². The van der Waals surface area contributed by atoms with Crippen LogP contribution in [0.4, 0.5) is 0 Å². The van der Waals surface area contributed by atoms with Crippen LogP contribution in [0.5, 0.6) is 0 Å². The van der Waals surface area contributed by atoms with Crippen molar-refractivity contribution >= 4 is 16.1 Å². The first-order valence-corrected chi connectivity index (χ1v) is 12.9. The molecular formula is C24H33N3O2S. The van der Waals surface area contributed by atoms with Gasteiger partial charge in [0.05, 0.1) is 12.2 Å². The molecule has 0 spiro atoms. The maximum absolute atomic E-state index is 12.7. The van der Waals surface area contributed by atoms with Crippen molar-refractivity contribution in [2.45, 2.75) is 77.3 Å². The average molecular weight is 428 g/mol. The number of hydrogen-bond acceptors (Lipinski definition) is 3. The van der Waals surface area contributed by atoms with Gasteiger partial charge in [0.25, 0.3) is 0 Å². The number of nitrogens with zero attached hydrogens (tertiary/aromatic N) is 2. The third-order valence-corrected chi connectivity index (χ3v) is 7.77. The van der Waals surface area contributed by atoms with Gasteiger partial charge in [-0.3, -0.25) is 4.68 Å². The van der Waals surface area contributed by atoms with Gasteiger partial charge >= 0.3 is 0 Å². The lowest BCUT2D eigenvalue weighted by atomic mass is 9.85. The zero-order chi connectivity index (χ0) is 21.0. The van der Waals surface area contributed by atoms with Crippen molar-refractivity contribution in [1.29, 1.82) is 0 Å². The van der Waals surface area contributed by atoms with Crippen molar-refractivity contribution in [1.82, 2.24) is 14.5 Å². The van der Waals surface area contributed by atoms with Crippen LogP contribution in [0.1, 0.15) is 74.4 Å². The summed E-state index contributed by atoms with van der Waals surface area (Å²) in [4.78, 5) is 0. The van der Waals surface area contributed by atoms with Gasteiger partial charge in [-0.25, -0.2) is 13.1 Å². The third-order valence-electron chi connectivity index (χ3n) is 6.58. The van der Waals surface area contributed by atoms with Gasteiger partial charge in [-0.15, -0.1) is 0 Å². The van der Waals surface area contributed by atoms with Gasteiger partial charge in [0.2, 0.25) is 10.0 Å². The smallest absolute Gasteiger partial charge is 0.234 e. The SMILES string of the molecule is C[C@H](NS(=O)(=O)C=Cc1nn(Cc2ccccc2)c2c1CCCC2)C1CCCCC1. The number of aromatic nitrogens is 2. The van der Waals surface area contributed by atoms with Gasteiger partial charge in [-0.2, -0.15) is 5.10 Å². The zero-order valence-corrected chi connectivity index (χ0v) is 18.7. The Morgan fingerprint density at radius 2 is 1.83 bits per heavy atom. The van der Waals surface area contributed by atoms with E-state index in [1.54, 1.807) is 6.08 Å². The molecule has 1 saturated carbocycles. The summed E-state index contributed by atoms with van der Waals surface area (Å²) >= 11 is 0. The van der Waals surface area contributed by atoms with Crippen molar-refractivity contribution in [2.24, 2.45) is 5.92 Å². The van der Waals surface area contributed by atoms with Crippen molar-refractivity contribution < 1.29 is 8.42 Å². The number of rotatable bonds is 7.